The van der Waals surface area contributed by atoms with E-state index in [-0.39, 0.29) is 5.78 Å². The van der Waals surface area contributed by atoms with Crippen LogP contribution in [0.2, 0.25) is 0 Å². The van der Waals surface area contributed by atoms with E-state index >= 15 is 0 Å². The number of ether oxygens (including phenoxy) is 1. The smallest absolute Gasteiger partial charge is 0.187 e. The molecule has 0 saturated carbocycles. The summed E-state index contributed by atoms with van der Waals surface area (Å²) in [4.78, 5) is 20.0. The maximum absolute atomic E-state index is 12.3. The minimum absolute atomic E-state index is 0.219. The second-order valence-corrected chi connectivity index (χ2v) is 8.14. The van der Waals surface area contributed by atoms with Gasteiger partial charge in [-0.2, -0.15) is 0 Å². The van der Waals surface area contributed by atoms with Crippen molar-refractivity contribution >= 4 is 11.5 Å². The van der Waals surface area contributed by atoms with Crippen LogP contribution < -0.4 is 4.74 Å². The van der Waals surface area contributed by atoms with Gasteiger partial charge < -0.3 is 4.74 Å². The van der Waals surface area contributed by atoms with Crippen molar-refractivity contribution in [3.8, 4) is 16.9 Å². The molecule has 0 spiro atoms. The van der Waals surface area contributed by atoms with Gasteiger partial charge in [0.25, 0.3) is 0 Å². The standard InChI is InChI=1S/C30H26N2O2/c1-31-27-9-4-8-26(21-27)30-10-3-2-7-25(30)17-19-34-29-15-12-23(13-16-29)20-28(33)14-11-24-6-5-18-32-22-24/h2-10,12-13,15-16,18,21-22H,11,14,17,19-20H2. The van der Waals surface area contributed by atoms with Gasteiger partial charge in [-0.3, -0.25) is 9.78 Å². The quantitative estimate of drug-likeness (QED) is 0.256. The Bertz CT molecular complexity index is 1280. The van der Waals surface area contributed by atoms with Gasteiger partial charge in [0.15, 0.2) is 5.69 Å². The fraction of sp³-hybridized carbons (Fsp3) is 0.167. The van der Waals surface area contributed by atoms with Gasteiger partial charge in [-0.1, -0.05) is 60.7 Å². The Morgan fingerprint density at radius 1 is 0.882 bits per heavy atom. The van der Waals surface area contributed by atoms with Crippen molar-refractivity contribution < 1.29 is 9.53 Å². The maximum atomic E-state index is 12.3. The minimum atomic E-state index is 0.219. The molecule has 0 aliphatic heterocycles. The number of carbonyl (C=O) groups is 1. The van der Waals surface area contributed by atoms with Crippen LogP contribution in [0.15, 0.2) is 97.3 Å². The van der Waals surface area contributed by atoms with Gasteiger partial charge >= 0.3 is 0 Å². The van der Waals surface area contributed by atoms with Gasteiger partial charge in [0.2, 0.25) is 0 Å². The Labute approximate surface area is 200 Å². The lowest BCUT2D eigenvalue weighted by Gasteiger charge is -2.12. The van der Waals surface area contributed by atoms with E-state index in [0.29, 0.717) is 25.1 Å². The monoisotopic (exact) mass is 446 g/mol. The lowest BCUT2D eigenvalue weighted by molar-refractivity contribution is -0.118. The Balaban J connectivity index is 1.29. The Kier molecular flexibility index (Phi) is 7.82. The van der Waals surface area contributed by atoms with Crippen LogP contribution in [-0.2, 0) is 24.1 Å². The summed E-state index contributed by atoms with van der Waals surface area (Å²) >= 11 is 0. The van der Waals surface area contributed by atoms with E-state index in [1.54, 1.807) is 6.20 Å². The lowest BCUT2D eigenvalue weighted by Crippen LogP contribution is -2.05. The van der Waals surface area contributed by atoms with E-state index in [2.05, 4.69) is 22.0 Å². The molecule has 168 valence electrons. The van der Waals surface area contributed by atoms with Crippen LogP contribution in [0, 0.1) is 6.57 Å². The zero-order chi connectivity index (χ0) is 23.6. The van der Waals surface area contributed by atoms with Gasteiger partial charge in [-0.25, -0.2) is 4.85 Å². The first-order chi connectivity index (χ1) is 16.7. The molecule has 0 saturated heterocycles. The molecule has 3 aromatic carbocycles. The van der Waals surface area contributed by atoms with Crippen LogP contribution in [-0.4, -0.2) is 17.4 Å². The number of Topliss-reactive ketones (excluding diaryl/α,β-unsaturated/α-hetero) is 1. The molecule has 1 heterocycles. The molecule has 0 atom stereocenters. The van der Waals surface area contributed by atoms with Crippen molar-refractivity contribution in [2.24, 2.45) is 0 Å². The molecule has 0 N–H and O–H groups in total. The number of carbonyl (C=O) groups excluding carboxylic acids is 1. The number of rotatable bonds is 10. The third kappa shape index (κ3) is 6.40. The summed E-state index contributed by atoms with van der Waals surface area (Å²) in [6.07, 6.45) is 5.97. The topological polar surface area (TPSA) is 43.5 Å². The second-order valence-electron chi connectivity index (χ2n) is 8.14. The second kappa shape index (κ2) is 11.6. The van der Waals surface area contributed by atoms with Crippen LogP contribution in [0.4, 0.5) is 5.69 Å². The summed E-state index contributed by atoms with van der Waals surface area (Å²) in [5.74, 6) is 1.01. The van der Waals surface area contributed by atoms with Gasteiger partial charge in [0.05, 0.1) is 13.2 Å². The first kappa shape index (κ1) is 22.9. The largest absolute Gasteiger partial charge is 0.493 e. The van der Waals surface area contributed by atoms with E-state index in [9.17, 15) is 4.79 Å². The molecule has 0 unspecified atom stereocenters. The van der Waals surface area contributed by atoms with Crippen molar-refractivity contribution in [1.82, 2.24) is 4.98 Å². The van der Waals surface area contributed by atoms with E-state index in [1.807, 2.05) is 79.0 Å². The molecule has 0 bridgehead atoms. The molecule has 0 fully saturated rings. The van der Waals surface area contributed by atoms with Crippen LogP contribution in [0.25, 0.3) is 16.0 Å². The van der Waals surface area contributed by atoms with Gasteiger partial charge in [0, 0.05) is 31.7 Å². The highest BCUT2D eigenvalue weighted by atomic mass is 16.5. The summed E-state index contributed by atoms with van der Waals surface area (Å²) in [6, 6.07) is 27.6. The van der Waals surface area contributed by atoms with Crippen LogP contribution >= 0.6 is 0 Å². The van der Waals surface area contributed by atoms with Crippen LogP contribution in [0.1, 0.15) is 23.1 Å². The number of ketones is 1. The summed E-state index contributed by atoms with van der Waals surface area (Å²) in [5.41, 5.74) is 6.06. The fourth-order valence-corrected chi connectivity index (χ4v) is 3.89. The predicted octanol–water partition coefficient (Wildman–Crippen LogP) is 6.67. The predicted molar refractivity (Wildman–Crippen MR) is 135 cm³/mol. The van der Waals surface area contributed by atoms with E-state index in [1.165, 1.54) is 5.56 Å². The number of aromatic nitrogens is 1. The number of nitrogens with zero attached hydrogens (tertiary/aromatic N) is 2. The summed E-state index contributed by atoms with van der Waals surface area (Å²) < 4.78 is 5.97. The third-order valence-electron chi connectivity index (χ3n) is 5.68. The molecule has 34 heavy (non-hydrogen) atoms. The molecule has 1 aromatic heterocycles. The number of aryl methyl sites for hydroxylation is 1. The minimum Gasteiger partial charge on any atom is -0.493 e. The molecular weight excluding hydrogens is 420 g/mol. The number of benzene rings is 3. The van der Waals surface area contributed by atoms with Crippen molar-refractivity contribution in [2.75, 3.05) is 6.61 Å². The molecule has 4 aromatic rings. The summed E-state index contributed by atoms with van der Waals surface area (Å²) in [5, 5.41) is 0. The van der Waals surface area contributed by atoms with Crippen molar-refractivity contribution in [1.29, 1.82) is 0 Å². The Morgan fingerprint density at radius 2 is 1.74 bits per heavy atom. The molecule has 0 aliphatic carbocycles. The van der Waals surface area contributed by atoms with E-state index in [4.69, 9.17) is 11.3 Å². The normalized spacial score (nSPS) is 10.4. The SMILES string of the molecule is [C-]#[N+]c1cccc(-c2ccccc2CCOc2ccc(CC(=O)CCc3cccnc3)cc2)c1. The van der Waals surface area contributed by atoms with Gasteiger partial charge in [-0.05, 0) is 58.5 Å². The molecule has 4 heteroatoms. The van der Waals surface area contributed by atoms with Crippen LogP contribution in [0.3, 0.4) is 0 Å². The Hall–Kier alpha value is -4.23. The molecular formula is C30H26N2O2. The molecule has 4 nitrogen and oxygen atoms in total. The fourth-order valence-electron chi connectivity index (χ4n) is 3.89. The molecule has 0 amide bonds. The summed E-state index contributed by atoms with van der Waals surface area (Å²) in [6.45, 7) is 7.80. The first-order valence-electron chi connectivity index (χ1n) is 11.4. The van der Waals surface area contributed by atoms with E-state index < -0.39 is 0 Å². The molecule has 4 rings (SSSR count). The summed E-state index contributed by atoms with van der Waals surface area (Å²) in [7, 11) is 0. The lowest BCUT2D eigenvalue weighted by atomic mass is 9.97. The average Bonchev–Trinajstić information content (AvgIpc) is 2.89. The highest BCUT2D eigenvalue weighted by Crippen LogP contribution is 2.27. The van der Waals surface area contributed by atoms with E-state index in [0.717, 1.165) is 40.8 Å². The molecule has 0 radical (unpaired) electrons. The first-order valence-corrected chi connectivity index (χ1v) is 11.4. The van der Waals surface area contributed by atoms with Crippen molar-refractivity contribution in [3.63, 3.8) is 0 Å². The van der Waals surface area contributed by atoms with Gasteiger partial charge in [-0.15, -0.1) is 0 Å². The molecule has 0 aliphatic rings. The number of hydrogen-bond donors (Lipinski definition) is 0. The van der Waals surface area contributed by atoms with Crippen LogP contribution in [0.5, 0.6) is 5.75 Å². The zero-order valence-corrected chi connectivity index (χ0v) is 19.0. The highest BCUT2D eigenvalue weighted by molar-refractivity contribution is 5.81. The third-order valence-corrected chi connectivity index (χ3v) is 5.68. The number of pyridine rings is 1. The van der Waals surface area contributed by atoms with Crippen molar-refractivity contribution in [2.45, 2.75) is 25.7 Å². The van der Waals surface area contributed by atoms with Gasteiger partial charge in [0.1, 0.15) is 11.5 Å². The zero-order valence-electron chi connectivity index (χ0n) is 19.0. The number of hydrogen-bond acceptors (Lipinski definition) is 3. The highest BCUT2D eigenvalue weighted by Gasteiger charge is 2.07. The average molecular weight is 447 g/mol. The Morgan fingerprint density at radius 3 is 2.53 bits per heavy atom. The van der Waals surface area contributed by atoms with Crippen molar-refractivity contribution in [3.05, 3.63) is 125 Å². The maximum Gasteiger partial charge on any atom is 0.187 e.